The molecule has 0 heterocycles. The normalized spacial score (nSPS) is 18.5. The number of nitrogens with zero attached hydrogens (tertiary/aromatic N) is 1. The number of rotatable bonds is 15. The van der Waals surface area contributed by atoms with Crippen LogP contribution in [0.3, 0.4) is 0 Å². The van der Waals surface area contributed by atoms with Gasteiger partial charge in [-0.2, -0.15) is 26.3 Å². The van der Waals surface area contributed by atoms with Crippen LogP contribution in [-0.2, 0) is 15.0 Å². The van der Waals surface area contributed by atoms with Crippen LogP contribution >= 0.6 is 11.6 Å². The molecule has 2 aromatic carbocycles. The Balaban J connectivity index is 1.37. The summed E-state index contributed by atoms with van der Waals surface area (Å²) in [5, 5.41) is 2.68. The van der Waals surface area contributed by atoms with Gasteiger partial charge in [0.15, 0.2) is 5.78 Å². The van der Waals surface area contributed by atoms with E-state index in [1.165, 1.54) is 13.0 Å². The molecule has 1 N–H and O–H groups in total. The summed E-state index contributed by atoms with van der Waals surface area (Å²) in [5.41, 5.74) is 2.00. The molecule has 11 heteroatoms. The van der Waals surface area contributed by atoms with Gasteiger partial charge >= 0.3 is 12.4 Å². The summed E-state index contributed by atoms with van der Waals surface area (Å²) in [6.45, 7) is 9.47. The number of allylic oxidation sites excluding steroid dienone is 3. The van der Waals surface area contributed by atoms with Crippen LogP contribution in [0, 0.1) is 11.8 Å². The first-order valence-corrected chi connectivity index (χ1v) is 16.6. The Bertz CT molecular complexity index is 1520. The number of carbonyl (C=O) groups excluding carboxylic acids is 2. The minimum Gasteiger partial charge on any atom is -0.352 e. The Hall–Kier alpha value is -3.37. The number of unbranched alkanes of at least 4 members (excludes halogenated alkanes) is 1. The van der Waals surface area contributed by atoms with Gasteiger partial charge in [0.2, 0.25) is 0 Å². The van der Waals surface area contributed by atoms with Gasteiger partial charge in [0.25, 0.3) is 5.91 Å². The summed E-state index contributed by atoms with van der Waals surface area (Å²) in [4.78, 5) is 29.0. The van der Waals surface area contributed by atoms with Crippen molar-refractivity contribution < 1.29 is 35.9 Å². The van der Waals surface area contributed by atoms with E-state index < -0.39 is 48.4 Å². The molecule has 0 bridgehead atoms. The predicted octanol–water partition coefficient (Wildman–Crippen LogP) is 9.30. The number of Topliss-reactive ketones (excluding diaryl/α,β-unsaturated/α-hetero) is 1. The number of hydrogen-bond acceptors (Lipinski definition) is 3. The van der Waals surface area contributed by atoms with Gasteiger partial charge in [-0.25, -0.2) is 0 Å². The first-order chi connectivity index (χ1) is 22.6. The lowest BCUT2D eigenvalue weighted by atomic mass is 9.69. The zero-order valence-electron chi connectivity index (χ0n) is 27.1. The summed E-state index contributed by atoms with van der Waals surface area (Å²) >= 11 is 6.11. The second kappa shape index (κ2) is 15.5. The monoisotopic (exact) mass is 694 g/mol. The summed E-state index contributed by atoms with van der Waals surface area (Å²) in [6.07, 6.45) is -6.04. The Kier molecular flexibility index (Phi) is 12.1. The number of ketones is 1. The van der Waals surface area contributed by atoms with Gasteiger partial charge in [-0.3, -0.25) is 9.59 Å². The molecule has 0 saturated heterocycles. The van der Waals surface area contributed by atoms with Gasteiger partial charge in [-0.15, -0.1) is 0 Å². The number of benzene rings is 2. The standard InChI is InChI=1S/C37H41ClF6N2O2/c1-4-46(21-11-19-45-34(48)28-23-31(37(42,43)44)25(3)22-32(28)38)20-10-9-17-35(33(47)24(2)16-18-36(39,40)41)29-14-7-5-12-26(29)27-13-6-8-15-30(27)35/h5-8,12-15,22-23,25,31H,2,4,9-11,16-21H2,1,3H3,(H,45,48). The van der Waals surface area contributed by atoms with E-state index in [0.29, 0.717) is 45.3 Å². The van der Waals surface area contributed by atoms with E-state index in [-0.39, 0.29) is 28.5 Å². The fourth-order valence-corrected chi connectivity index (χ4v) is 7.17. The predicted molar refractivity (Wildman–Crippen MR) is 176 cm³/mol. The van der Waals surface area contributed by atoms with Crippen molar-refractivity contribution in [2.45, 2.75) is 70.1 Å². The van der Waals surface area contributed by atoms with E-state index in [1.807, 2.05) is 55.5 Å². The highest BCUT2D eigenvalue weighted by molar-refractivity contribution is 6.35. The largest absolute Gasteiger partial charge is 0.395 e. The molecule has 0 aromatic heterocycles. The minimum atomic E-state index is -4.49. The van der Waals surface area contributed by atoms with Crippen LogP contribution in [0.25, 0.3) is 11.1 Å². The molecule has 0 radical (unpaired) electrons. The summed E-state index contributed by atoms with van der Waals surface area (Å²) < 4.78 is 79.4. The quantitative estimate of drug-likeness (QED) is 0.115. The summed E-state index contributed by atoms with van der Waals surface area (Å²) in [5.74, 6) is -3.68. The van der Waals surface area contributed by atoms with Gasteiger partial charge in [0.05, 0.1) is 16.9 Å². The third-order valence-electron chi connectivity index (χ3n) is 9.34. The van der Waals surface area contributed by atoms with Gasteiger partial charge in [0, 0.05) is 18.0 Å². The molecular weight excluding hydrogens is 654 g/mol. The average molecular weight is 695 g/mol. The van der Waals surface area contributed by atoms with Crippen LogP contribution in [0.2, 0.25) is 0 Å². The highest BCUT2D eigenvalue weighted by atomic mass is 35.5. The molecule has 2 unspecified atom stereocenters. The number of alkyl halides is 6. The van der Waals surface area contributed by atoms with Crippen molar-refractivity contribution in [1.29, 1.82) is 0 Å². The highest BCUT2D eigenvalue weighted by Gasteiger charge is 2.49. The number of fused-ring (bicyclic) bond motifs is 3. The minimum absolute atomic E-state index is 0.00312. The van der Waals surface area contributed by atoms with Crippen LogP contribution in [0.4, 0.5) is 26.3 Å². The second-order valence-corrected chi connectivity index (χ2v) is 13.0. The molecule has 0 aliphatic heterocycles. The van der Waals surface area contributed by atoms with Crippen molar-refractivity contribution in [3.8, 4) is 11.1 Å². The number of nitrogens with one attached hydrogen (secondary N) is 1. The third kappa shape index (κ3) is 8.43. The molecule has 2 aromatic rings. The molecule has 1 amide bonds. The van der Waals surface area contributed by atoms with E-state index in [4.69, 9.17) is 11.6 Å². The number of carbonyl (C=O) groups is 2. The summed E-state index contributed by atoms with van der Waals surface area (Å²) in [6, 6.07) is 15.1. The molecule has 0 saturated carbocycles. The van der Waals surface area contributed by atoms with Crippen molar-refractivity contribution in [1.82, 2.24) is 10.2 Å². The van der Waals surface area contributed by atoms with E-state index in [1.54, 1.807) is 0 Å². The zero-order valence-corrected chi connectivity index (χ0v) is 27.9. The molecule has 2 aliphatic rings. The fraction of sp³-hybridized carbons (Fsp3) is 0.459. The van der Waals surface area contributed by atoms with Gasteiger partial charge in [-0.1, -0.05) is 99.1 Å². The maximum absolute atomic E-state index is 14.2. The van der Waals surface area contributed by atoms with Crippen molar-refractivity contribution in [3.05, 3.63) is 94.6 Å². The molecule has 2 aliphatic carbocycles. The van der Waals surface area contributed by atoms with E-state index >= 15 is 0 Å². The van der Waals surface area contributed by atoms with Gasteiger partial charge in [-0.05, 0) is 79.1 Å². The molecule has 48 heavy (non-hydrogen) atoms. The lowest BCUT2D eigenvalue weighted by molar-refractivity contribution is -0.169. The smallest absolute Gasteiger partial charge is 0.352 e. The first kappa shape index (κ1) is 37.4. The number of amides is 1. The van der Waals surface area contributed by atoms with E-state index in [0.717, 1.165) is 28.3 Å². The lowest BCUT2D eigenvalue weighted by Crippen LogP contribution is -2.37. The molecule has 260 valence electrons. The van der Waals surface area contributed by atoms with Crippen molar-refractivity contribution >= 4 is 23.3 Å². The molecule has 0 fully saturated rings. The van der Waals surface area contributed by atoms with E-state index in [9.17, 15) is 35.9 Å². The van der Waals surface area contributed by atoms with Crippen molar-refractivity contribution in [2.75, 3.05) is 26.2 Å². The van der Waals surface area contributed by atoms with Crippen LogP contribution in [0.1, 0.15) is 63.5 Å². The van der Waals surface area contributed by atoms with Crippen LogP contribution in [0.15, 0.2) is 83.4 Å². The second-order valence-electron chi connectivity index (χ2n) is 12.6. The summed E-state index contributed by atoms with van der Waals surface area (Å²) in [7, 11) is 0. The van der Waals surface area contributed by atoms with E-state index in [2.05, 4.69) is 16.8 Å². The Morgan fingerprint density at radius 3 is 2.06 bits per heavy atom. The maximum Gasteiger partial charge on any atom is 0.395 e. The number of halogens is 7. The lowest BCUT2D eigenvalue weighted by Gasteiger charge is -2.32. The van der Waals surface area contributed by atoms with Crippen molar-refractivity contribution in [3.63, 3.8) is 0 Å². The highest BCUT2D eigenvalue weighted by Crippen LogP contribution is 2.53. The molecular formula is C37H41ClF6N2O2. The number of hydrogen-bond donors (Lipinski definition) is 1. The average Bonchev–Trinajstić information content (AvgIpc) is 3.32. The van der Waals surface area contributed by atoms with Gasteiger partial charge < -0.3 is 10.2 Å². The first-order valence-electron chi connectivity index (χ1n) is 16.3. The van der Waals surface area contributed by atoms with Crippen LogP contribution < -0.4 is 5.32 Å². The molecule has 0 spiro atoms. The SMILES string of the molecule is C=C(CCC(F)(F)F)C(=O)C1(CCCCN(CC)CCCNC(=O)C2=CC(C(F)(F)F)C(C)C=C2Cl)c2ccccc2-c2ccccc21. The Morgan fingerprint density at radius 2 is 1.50 bits per heavy atom. The van der Waals surface area contributed by atoms with Crippen LogP contribution in [0.5, 0.6) is 0 Å². The third-order valence-corrected chi connectivity index (χ3v) is 9.67. The van der Waals surface area contributed by atoms with Crippen molar-refractivity contribution in [2.24, 2.45) is 11.8 Å². The van der Waals surface area contributed by atoms with Gasteiger partial charge in [0.1, 0.15) is 0 Å². The maximum atomic E-state index is 14.2. The fourth-order valence-electron chi connectivity index (χ4n) is 6.83. The molecule has 4 nitrogen and oxygen atoms in total. The Morgan fingerprint density at radius 1 is 0.917 bits per heavy atom. The zero-order chi connectivity index (χ0) is 35.3. The Labute approximate surface area is 282 Å². The topological polar surface area (TPSA) is 49.4 Å². The molecule has 2 atom stereocenters. The molecule has 4 rings (SSSR count). The van der Waals surface area contributed by atoms with Crippen LogP contribution in [-0.4, -0.2) is 55.1 Å².